The van der Waals surface area contributed by atoms with Gasteiger partial charge in [0.25, 0.3) is 0 Å². The van der Waals surface area contributed by atoms with Crippen LogP contribution in [0.4, 0.5) is 0 Å². The molecule has 3 heteroatoms. The molecule has 15 heavy (non-hydrogen) atoms. The molecule has 86 valence electrons. The molecule has 0 spiro atoms. The molecule has 3 nitrogen and oxygen atoms in total. The summed E-state index contributed by atoms with van der Waals surface area (Å²) in [7, 11) is 4.31. The van der Waals surface area contributed by atoms with Crippen molar-refractivity contribution in [3.05, 3.63) is 0 Å². The van der Waals surface area contributed by atoms with E-state index in [0.29, 0.717) is 11.8 Å². The molecular formula is C12H22N2O. The second-order valence-corrected chi connectivity index (χ2v) is 5.10. The first-order valence-corrected chi connectivity index (χ1v) is 6.11. The summed E-state index contributed by atoms with van der Waals surface area (Å²) < 4.78 is 0. The van der Waals surface area contributed by atoms with Gasteiger partial charge in [-0.1, -0.05) is 0 Å². The number of Topliss-reactive ketones (excluding diaryl/α,β-unsaturated/α-hetero) is 1. The third-order valence-electron chi connectivity index (χ3n) is 3.94. The van der Waals surface area contributed by atoms with Gasteiger partial charge in [0.2, 0.25) is 0 Å². The molecule has 1 saturated heterocycles. The second kappa shape index (κ2) is 4.62. The van der Waals surface area contributed by atoms with Crippen LogP contribution in [0.1, 0.15) is 32.1 Å². The van der Waals surface area contributed by atoms with E-state index in [2.05, 4.69) is 23.9 Å². The van der Waals surface area contributed by atoms with Crippen molar-refractivity contribution in [1.82, 2.24) is 9.80 Å². The molecule has 0 bridgehead atoms. The minimum absolute atomic E-state index is 0.224. The van der Waals surface area contributed by atoms with E-state index in [-0.39, 0.29) is 6.04 Å². The Balaban J connectivity index is 1.94. The van der Waals surface area contributed by atoms with Crippen LogP contribution in [0.25, 0.3) is 0 Å². The van der Waals surface area contributed by atoms with Gasteiger partial charge in [-0.3, -0.25) is 9.69 Å². The quantitative estimate of drug-likeness (QED) is 0.683. The smallest absolute Gasteiger partial charge is 0.149 e. The fourth-order valence-corrected chi connectivity index (χ4v) is 2.95. The SMILES string of the molecule is CN1CCCC(N(C)C2CCCC2=O)C1. The molecule has 0 radical (unpaired) electrons. The molecule has 0 N–H and O–H groups in total. The number of likely N-dealkylation sites (tertiary alicyclic amines) is 1. The normalized spacial score (nSPS) is 33.9. The van der Waals surface area contributed by atoms with Crippen molar-refractivity contribution < 1.29 is 4.79 Å². The molecule has 2 unspecified atom stereocenters. The van der Waals surface area contributed by atoms with Crippen LogP contribution in [0, 0.1) is 0 Å². The van der Waals surface area contributed by atoms with E-state index in [4.69, 9.17) is 0 Å². The highest BCUT2D eigenvalue weighted by Crippen LogP contribution is 2.24. The zero-order valence-electron chi connectivity index (χ0n) is 9.91. The second-order valence-electron chi connectivity index (χ2n) is 5.10. The number of carbonyl (C=O) groups excluding carboxylic acids is 1. The van der Waals surface area contributed by atoms with Crippen molar-refractivity contribution >= 4 is 5.78 Å². The molecule has 1 saturated carbocycles. The predicted octanol–water partition coefficient (Wildman–Crippen LogP) is 1.13. The fraction of sp³-hybridized carbons (Fsp3) is 0.917. The first kappa shape index (κ1) is 11.1. The predicted molar refractivity (Wildman–Crippen MR) is 60.9 cm³/mol. The van der Waals surface area contributed by atoms with E-state index >= 15 is 0 Å². The van der Waals surface area contributed by atoms with Crippen LogP contribution in [0.5, 0.6) is 0 Å². The highest BCUT2D eigenvalue weighted by atomic mass is 16.1. The molecule has 1 aliphatic heterocycles. The van der Waals surface area contributed by atoms with Crippen molar-refractivity contribution in [2.75, 3.05) is 27.2 Å². The van der Waals surface area contributed by atoms with Crippen LogP contribution in [-0.4, -0.2) is 54.9 Å². The molecule has 0 aromatic carbocycles. The Labute approximate surface area is 92.4 Å². The van der Waals surface area contributed by atoms with Gasteiger partial charge >= 0.3 is 0 Å². The summed E-state index contributed by atoms with van der Waals surface area (Å²) in [5.41, 5.74) is 0. The summed E-state index contributed by atoms with van der Waals surface area (Å²) in [6, 6.07) is 0.817. The minimum atomic E-state index is 0.224. The Morgan fingerprint density at radius 1 is 1.33 bits per heavy atom. The van der Waals surface area contributed by atoms with Gasteiger partial charge in [-0.2, -0.15) is 0 Å². The summed E-state index contributed by atoms with van der Waals surface area (Å²) in [5, 5.41) is 0. The maximum absolute atomic E-state index is 11.7. The Kier molecular flexibility index (Phi) is 3.42. The van der Waals surface area contributed by atoms with Crippen LogP contribution >= 0.6 is 0 Å². The number of ketones is 1. The molecule has 2 atom stereocenters. The molecule has 1 heterocycles. The van der Waals surface area contributed by atoms with Gasteiger partial charge in [-0.05, 0) is 46.3 Å². The third-order valence-corrected chi connectivity index (χ3v) is 3.94. The summed E-state index contributed by atoms with van der Waals surface area (Å²) in [6.07, 6.45) is 5.50. The summed E-state index contributed by atoms with van der Waals surface area (Å²) in [4.78, 5) is 16.4. The van der Waals surface area contributed by atoms with Gasteiger partial charge < -0.3 is 4.90 Å². The van der Waals surface area contributed by atoms with Crippen LogP contribution in [0.2, 0.25) is 0 Å². The molecule has 0 amide bonds. The maximum atomic E-state index is 11.7. The van der Waals surface area contributed by atoms with E-state index in [1.165, 1.54) is 19.4 Å². The number of hydrogen-bond donors (Lipinski definition) is 0. The van der Waals surface area contributed by atoms with E-state index < -0.39 is 0 Å². The Bertz CT molecular complexity index is 242. The molecule has 1 aliphatic carbocycles. The van der Waals surface area contributed by atoms with Gasteiger partial charge in [0.15, 0.2) is 0 Å². The average Bonchev–Trinajstić information content (AvgIpc) is 2.63. The van der Waals surface area contributed by atoms with Crippen molar-refractivity contribution in [3.63, 3.8) is 0 Å². The Hall–Kier alpha value is -0.410. The largest absolute Gasteiger partial charge is 0.305 e. The summed E-state index contributed by atoms with van der Waals surface area (Å²) in [5.74, 6) is 0.464. The maximum Gasteiger partial charge on any atom is 0.149 e. The van der Waals surface area contributed by atoms with Gasteiger partial charge in [0, 0.05) is 19.0 Å². The Morgan fingerprint density at radius 2 is 2.13 bits per heavy atom. The zero-order chi connectivity index (χ0) is 10.8. The van der Waals surface area contributed by atoms with Gasteiger partial charge in [0.05, 0.1) is 6.04 Å². The summed E-state index contributed by atoms with van der Waals surface area (Å²) in [6.45, 7) is 2.34. The van der Waals surface area contributed by atoms with E-state index in [9.17, 15) is 4.79 Å². The lowest BCUT2D eigenvalue weighted by atomic mass is 10.0. The third kappa shape index (κ3) is 2.40. The standard InChI is InChI=1S/C12H22N2O/c1-13-8-4-5-10(9-13)14(2)11-6-3-7-12(11)15/h10-11H,3-9H2,1-2H3. The molecule has 0 aromatic heterocycles. The topological polar surface area (TPSA) is 23.6 Å². The highest BCUT2D eigenvalue weighted by Gasteiger charge is 2.33. The number of piperidine rings is 1. The lowest BCUT2D eigenvalue weighted by molar-refractivity contribution is -0.122. The lowest BCUT2D eigenvalue weighted by Crippen LogP contribution is -2.50. The van der Waals surface area contributed by atoms with Crippen LogP contribution in [0.3, 0.4) is 0 Å². The number of likely N-dealkylation sites (N-methyl/N-ethyl adjacent to an activating group) is 2. The Morgan fingerprint density at radius 3 is 2.73 bits per heavy atom. The first-order chi connectivity index (χ1) is 7.18. The van der Waals surface area contributed by atoms with Gasteiger partial charge in [-0.25, -0.2) is 0 Å². The van der Waals surface area contributed by atoms with Crippen molar-refractivity contribution in [3.8, 4) is 0 Å². The van der Waals surface area contributed by atoms with Crippen LogP contribution in [0.15, 0.2) is 0 Å². The number of rotatable bonds is 2. The number of hydrogen-bond acceptors (Lipinski definition) is 3. The molecule has 2 aliphatic rings. The van der Waals surface area contributed by atoms with Crippen LogP contribution in [-0.2, 0) is 4.79 Å². The first-order valence-electron chi connectivity index (χ1n) is 6.11. The number of nitrogens with zero attached hydrogens (tertiary/aromatic N) is 2. The molecular weight excluding hydrogens is 188 g/mol. The van der Waals surface area contributed by atoms with Crippen molar-refractivity contribution in [2.24, 2.45) is 0 Å². The fourth-order valence-electron chi connectivity index (χ4n) is 2.95. The zero-order valence-corrected chi connectivity index (χ0v) is 9.91. The summed E-state index contributed by atoms with van der Waals surface area (Å²) >= 11 is 0. The van der Waals surface area contributed by atoms with E-state index in [1.807, 2.05) is 0 Å². The van der Waals surface area contributed by atoms with Crippen molar-refractivity contribution in [2.45, 2.75) is 44.2 Å². The van der Waals surface area contributed by atoms with E-state index in [1.54, 1.807) is 0 Å². The van der Waals surface area contributed by atoms with Crippen molar-refractivity contribution in [1.29, 1.82) is 0 Å². The molecule has 0 aromatic rings. The minimum Gasteiger partial charge on any atom is -0.305 e. The highest BCUT2D eigenvalue weighted by molar-refractivity contribution is 5.85. The monoisotopic (exact) mass is 210 g/mol. The average molecular weight is 210 g/mol. The molecule has 2 rings (SSSR count). The molecule has 2 fully saturated rings. The lowest BCUT2D eigenvalue weighted by Gasteiger charge is -2.38. The van der Waals surface area contributed by atoms with Gasteiger partial charge in [0.1, 0.15) is 5.78 Å². The van der Waals surface area contributed by atoms with Crippen LogP contribution < -0.4 is 0 Å². The number of carbonyl (C=O) groups is 1. The van der Waals surface area contributed by atoms with Gasteiger partial charge in [-0.15, -0.1) is 0 Å². The van der Waals surface area contributed by atoms with E-state index in [0.717, 1.165) is 25.8 Å².